The highest BCUT2D eigenvalue weighted by Crippen LogP contribution is 2.12. The molecule has 1 aromatic rings. The van der Waals surface area contributed by atoms with Gasteiger partial charge in [-0.25, -0.2) is 13.1 Å². The molecule has 1 N–H and O–H groups in total. The lowest BCUT2D eigenvalue weighted by atomic mass is 10.2. The quantitative estimate of drug-likeness (QED) is 0.786. The lowest BCUT2D eigenvalue weighted by Crippen LogP contribution is -2.19. The van der Waals surface area contributed by atoms with Gasteiger partial charge in [-0.1, -0.05) is 24.3 Å². The smallest absolute Gasteiger partial charge is 0.214 e. The van der Waals surface area contributed by atoms with Crippen LogP contribution in [0.3, 0.4) is 0 Å². The largest absolute Gasteiger partial charge is 0.240 e. The summed E-state index contributed by atoms with van der Waals surface area (Å²) in [7, 11) is -1.87. The van der Waals surface area contributed by atoms with Crippen LogP contribution in [0.4, 0.5) is 0 Å². The van der Waals surface area contributed by atoms with E-state index in [4.69, 9.17) is 0 Å². The SMILES string of the molecule is C=CC.CNS(=O)(=O)c1ccccc1C. The van der Waals surface area contributed by atoms with E-state index in [0.29, 0.717) is 4.90 Å². The molecule has 15 heavy (non-hydrogen) atoms. The third-order valence-electron chi connectivity index (χ3n) is 1.65. The standard InChI is InChI=1S/C8H11NO2S.C3H6/c1-7-5-3-4-6-8(7)12(10,11)9-2;1-3-2/h3-6,9H,1-2H3;3H,1H2,2H3. The molecule has 4 heteroatoms. The van der Waals surface area contributed by atoms with Crippen LogP contribution < -0.4 is 4.72 Å². The Hall–Kier alpha value is -1.13. The Balaban J connectivity index is 0.000000583. The lowest BCUT2D eigenvalue weighted by molar-refractivity contribution is 0.587. The second-order valence-corrected chi connectivity index (χ2v) is 4.74. The van der Waals surface area contributed by atoms with Crippen LogP contribution in [-0.2, 0) is 10.0 Å². The summed E-state index contributed by atoms with van der Waals surface area (Å²) < 4.78 is 24.9. The van der Waals surface area contributed by atoms with E-state index in [9.17, 15) is 8.42 Å². The van der Waals surface area contributed by atoms with E-state index in [1.54, 1.807) is 31.2 Å². The van der Waals surface area contributed by atoms with Gasteiger partial charge in [-0.3, -0.25) is 0 Å². The summed E-state index contributed by atoms with van der Waals surface area (Å²) >= 11 is 0. The topological polar surface area (TPSA) is 46.2 Å². The molecular weight excluding hydrogens is 210 g/mol. The fourth-order valence-corrected chi connectivity index (χ4v) is 1.94. The Morgan fingerprint density at radius 1 is 1.33 bits per heavy atom. The molecule has 3 nitrogen and oxygen atoms in total. The zero-order valence-electron chi connectivity index (χ0n) is 9.32. The summed E-state index contributed by atoms with van der Waals surface area (Å²) in [5.41, 5.74) is 0.756. The van der Waals surface area contributed by atoms with E-state index in [2.05, 4.69) is 11.3 Å². The van der Waals surface area contributed by atoms with Crippen molar-refractivity contribution in [3.05, 3.63) is 42.5 Å². The minimum Gasteiger partial charge on any atom is -0.214 e. The molecule has 0 saturated heterocycles. The van der Waals surface area contributed by atoms with E-state index in [1.165, 1.54) is 7.05 Å². The van der Waals surface area contributed by atoms with Crippen molar-refractivity contribution in [2.24, 2.45) is 0 Å². The van der Waals surface area contributed by atoms with Gasteiger partial charge in [-0.15, -0.1) is 6.58 Å². The van der Waals surface area contributed by atoms with Crippen LogP contribution in [0.5, 0.6) is 0 Å². The predicted molar refractivity (Wildman–Crippen MR) is 63.3 cm³/mol. The summed E-state index contributed by atoms with van der Waals surface area (Å²) in [5.74, 6) is 0. The summed E-state index contributed by atoms with van der Waals surface area (Å²) in [6, 6.07) is 6.87. The first-order valence-electron chi connectivity index (χ1n) is 4.55. The van der Waals surface area contributed by atoms with Crippen LogP contribution in [0.1, 0.15) is 12.5 Å². The summed E-state index contributed by atoms with van der Waals surface area (Å²) in [4.78, 5) is 0.340. The molecule has 0 bridgehead atoms. The highest BCUT2D eigenvalue weighted by molar-refractivity contribution is 7.89. The van der Waals surface area contributed by atoms with Crippen LogP contribution in [0.25, 0.3) is 0 Å². The van der Waals surface area contributed by atoms with Gasteiger partial charge in [-0.05, 0) is 32.5 Å². The first kappa shape index (κ1) is 13.9. The van der Waals surface area contributed by atoms with E-state index in [-0.39, 0.29) is 0 Å². The van der Waals surface area contributed by atoms with Crippen molar-refractivity contribution < 1.29 is 8.42 Å². The number of hydrogen-bond donors (Lipinski definition) is 1. The van der Waals surface area contributed by atoms with Gasteiger partial charge in [0.25, 0.3) is 0 Å². The Bertz CT molecular complexity index is 410. The van der Waals surface area contributed by atoms with E-state index >= 15 is 0 Å². The second kappa shape index (κ2) is 6.37. The molecule has 0 unspecified atom stereocenters. The van der Waals surface area contributed by atoms with Crippen LogP contribution in [-0.4, -0.2) is 15.5 Å². The number of nitrogens with one attached hydrogen (secondary N) is 1. The van der Waals surface area contributed by atoms with Gasteiger partial charge in [0.2, 0.25) is 10.0 Å². The van der Waals surface area contributed by atoms with E-state index < -0.39 is 10.0 Å². The number of aryl methyl sites for hydroxylation is 1. The van der Waals surface area contributed by atoms with Gasteiger partial charge in [0, 0.05) is 0 Å². The molecule has 0 saturated carbocycles. The minimum atomic E-state index is -3.28. The molecule has 0 spiro atoms. The molecule has 0 aliphatic rings. The maximum absolute atomic E-state index is 11.3. The highest BCUT2D eigenvalue weighted by atomic mass is 32.2. The number of rotatable bonds is 2. The fourth-order valence-electron chi connectivity index (χ4n) is 0.968. The Kier molecular flexibility index (Phi) is 5.89. The maximum Gasteiger partial charge on any atom is 0.240 e. The van der Waals surface area contributed by atoms with Crippen molar-refractivity contribution in [3.63, 3.8) is 0 Å². The molecule has 84 valence electrons. The van der Waals surface area contributed by atoms with E-state index in [1.807, 2.05) is 13.0 Å². The summed E-state index contributed by atoms with van der Waals surface area (Å²) in [6.07, 6.45) is 1.75. The van der Waals surface area contributed by atoms with Crippen molar-refractivity contribution in [2.75, 3.05) is 7.05 Å². The van der Waals surface area contributed by atoms with Crippen molar-refractivity contribution >= 4 is 10.0 Å². The van der Waals surface area contributed by atoms with Crippen LogP contribution in [0, 0.1) is 6.92 Å². The van der Waals surface area contributed by atoms with Crippen LogP contribution in [0.2, 0.25) is 0 Å². The van der Waals surface area contributed by atoms with Gasteiger partial charge in [0.05, 0.1) is 4.90 Å². The Morgan fingerprint density at radius 3 is 2.20 bits per heavy atom. The first-order chi connectivity index (χ1) is 6.99. The van der Waals surface area contributed by atoms with Gasteiger partial charge in [0.15, 0.2) is 0 Å². The molecule has 0 fully saturated rings. The Morgan fingerprint density at radius 2 is 1.80 bits per heavy atom. The zero-order valence-corrected chi connectivity index (χ0v) is 10.1. The third-order valence-corrected chi connectivity index (χ3v) is 3.23. The number of sulfonamides is 1. The van der Waals surface area contributed by atoms with Gasteiger partial charge < -0.3 is 0 Å². The molecular formula is C11H17NO2S. The van der Waals surface area contributed by atoms with Gasteiger partial charge in [0.1, 0.15) is 0 Å². The second-order valence-electron chi connectivity index (χ2n) is 2.88. The number of hydrogen-bond acceptors (Lipinski definition) is 2. The van der Waals surface area contributed by atoms with Crippen molar-refractivity contribution in [3.8, 4) is 0 Å². The fraction of sp³-hybridized carbons (Fsp3) is 0.273. The molecule has 0 aliphatic carbocycles. The average molecular weight is 227 g/mol. The monoisotopic (exact) mass is 227 g/mol. The number of benzene rings is 1. The molecule has 0 radical (unpaired) electrons. The zero-order chi connectivity index (χ0) is 11.9. The molecule has 0 heterocycles. The molecule has 0 amide bonds. The maximum atomic E-state index is 11.3. The molecule has 0 atom stereocenters. The normalized spacial score (nSPS) is 10.1. The minimum absolute atomic E-state index is 0.340. The molecule has 1 aromatic carbocycles. The highest BCUT2D eigenvalue weighted by Gasteiger charge is 2.12. The number of allylic oxidation sites excluding steroid dienone is 1. The van der Waals surface area contributed by atoms with Crippen LogP contribution in [0.15, 0.2) is 41.8 Å². The van der Waals surface area contributed by atoms with Crippen molar-refractivity contribution in [1.82, 2.24) is 4.72 Å². The third kappa shape index (κ3) is 4.27. The summed E-state index contributed by atoms with van der Waals surface area (Å²) in [5, 5.41) is 0. The van der Waals surface area contributed by atoms with Gasteiger partial charge in [-0.2, -0.15) is 0 Å². The van der Waals surface area contributed by atoms with Crippen molar-refractivity contribution in [2.45, 2.75) is 18.7 Å². The van der Waals surface area contributed by atoms with Crippen molar-refractivity contribution in [1.29, 1.82) is 0 Å². The summed E-state index contributed by atoms with van der Waals surface area (Å²) in [6.45, 7) is 7.02. The predicted octanol–water partition coefficient (Wildman–Crippen LogP) is 2.10. The first-order valence-corrected chi connectivity index (χ1v) is 6.04. The van der Waals surface area contributed by atoms with Gasteiger partial charge >= 0.3 is 0 Å². The molecule has 1 rings (SSSR count). The Labute approximate surface area is 91.9 Å². The molecule has 0 aromatic heterocycles. The molecule has 0 aliphatic heterocycles. The van der Waals surface area contributed by atoms with Crippen LogP contribution >= 0.6 is 0 Å². The van der Waals surface area contributed by atoms with E-state index in [0.717, 1.165) is 5.56 Å². The lowest BCUT2D eigenvalue weighted by Gasteiger charge is -2.04. The average Bonchev–Trinajstić information content (AvgIpc) is 2.19.